The number of rotatable bonds is 18. The number of carbonyl (C=O) groups excluding carboxylic acids is 1. The first kappa shape index (κ1) is 60.5. The number of aromatic nitrogens is 6. The van der Waals surface area contributed by atoms with Crippen molar-refractivity contribution in [2.75, 3.05) is 55.0 Å². The number of carbonyl (C=O) groups is 2. The van der Waals surface area contributed by atoms with Crippen LogP contribution in [0.1, 0.15) is 65.6 Å². The molecule has 0 atom stereocenters. The normalized spacial score (nSPS) is 17.7. The molecule has 0 unspecified atom stereocenters. The van der Waals surface area contributed by atoms with Crippen LogP contribution in [0.2, 0.25) is 0 Å². The summed E-state index contributed by atoms with van der Waals surface area (Å²) >= 11 is 4.24. The number of aliphatic carboxylic acids is 1. The Morgan fingerprint density at radius 3 is 1.46 bits per heavy atom. The molecule has 2 fully saturated rings. The predicted octanol–water partition coefficient (Wildman–Crippen LogP) is 6.17. The Bertz CT molecular complexity index is 2900. The van der Waals surface area contributed by atoms with Crippen molar-refractivity contribution in [3.63, 3.8) is 0 Å². The second kappa shape index (κ2) is 29.1. The average molecular weight is 1360 g/mol. The maximum absolute atomic E-state index is 11.7. The number of hydrogen-bond acceptors (Lipinski definition) is 15. The van der Waals surface area contributed by atoms with E-state index in [1.807, 2.05) is 82.2 Å². The molecule has 0 radical (unpaired) electrons. The van der Waals surface area contributed by atoms with Gasteiger partial charge in [-0.3, -0.25) is 9.59 Å². The fraction of sp³-hybridized carbons (Fsp3) is 0.447. The molecule has 2 aliphatic rings. The Balaban J connectivity index is 0.000000354. The van der Waals surface area contributed by atoms with Crippen LogP contribution in [0.25, 0.3) is 33.4 Å². The molecule has 2 saturated carbocycles. The average Bonchev–Trinajstić information content (AvgIpc) is 3.99. The van der Waals surface area contributed by atoms with Gasteiger partial charge in [-0.15, -0.1) is 24.0 Å². The molecule has 0 aliphatic heterocycles. The second-order valence-electron chi connectivity index (χ2n) is 17.1. The molecule has 2 aromatic carbocycles. The van der Waals surface area contributed by atoms with Crippen LogP contribution in [0.5, 0.6) is 11.5 Å². The molecule has 0 spiro atoms. The fourth-order valence-electron chi connectivity index (χ4n) is 8.53. The number of sulfone groups is 2. The van der Waals surface area contributed by atoms with Crippen molar-refractivity contribution in [3.8, 4) is 23.1 Å². The Labute approximate surface area is 478 Å². The molecule has 71 heavy (non-hydrogen) atoms. The van der Waals surface area contributed by atoms with E-state index in [1.54, 1.807) is 12.4 Å². The van der Waals surface area contributed by atoms with Crippen molar-refractivity contribution in [2.24, 2.45) is 11.8 Å². The van der Waals surface area contributed by atoms with Gasteiger partial charge in [0, 0.05) is 97.4 Å². The summed E-state index contributed by atoms with van der Waals surface area (Å²) in [5.74, 6) is 2.97. The van der Waals surface area contributed by atoms with Crippen molar-refractivity contribution in [1.82, 2.24) is 29.1 Å². The Kier molecular flexibility index (Phi) is 24.8. The van der Waals surface area contributed by atoms with Gasteiger partial charge >= 0.3 is 41.5 Å². The third-order valence-corrected chi connectivity index (χ3v) is 14.1. The van der Waals surface area contributed by atoms with E-state index in [1.165, 1.54) is 19.6 Å². The van der Waals surface area contributed by atoms with Gasteiger partial charge in [-0.25, -0.2) is 26.8 Å². The van der Waals surface area contributed by atoms with Crippen LogP contribution in [-0.2, 0) is 34.0 Å². The number of methoxy groups -OCH3 is 1. The summed E-state index contributed by atoms with van der Waals surface area (Å²) in [5.41, 5.74) is 1.85. The molecule has 24 heteroatoms. The summed E-state index contributed by atoms with van der Waals surface area (Å²) in [6.07, 6.45) is 16.8. The number of benzene rings is 2. The first-order valence-electron chi connectivity index (χ1n) is 22.6. The van der Waals surface area contributed by atoms with E-state index in [-0.39, 0.29) is 96.4 Å². The zero-order valence-electron chi connectivity index (χ0n) is 41.1. The molecular weight excluding hydrogens is 1300 g/mol. The molecule has 4 heterocycles. The SMILES string of the molecule is COC(=O)C1CCC(Nc2nccc(-n3ccc4c(OCCCS(C)(=O)=O)cccc43)n2)CC1.CS(=O)(=O)CCCOc1cccc2c1ccn2-c1ccnc(NC2CCC(C(=O)O)CC2)n1.I.II.[H-].[Na+]. The number of anilines is 2. The summed E-state index contributed by atoms with van der Waals surface area (Å²) in [6.45, 7) is 0.653. The molecule has 4 aromatic heterocycles. The number of carboxylic acid groups (broad SMARTS) is 1. The molecule has 6 aromatic rings. The molecule has 0 bridgehead atoms. The first-order valence-corrected chi connectivity index (χ1v) is 33.0. The number of esters is 1. The van der Waals surface area contributed by atoms with E-state index < -0.39 is 25.6 Å². The van der Waals surface area contributed by atoms with Crippen molar-refractivity contribution in [3.05, 3.63) is 85.5 Å². The standard InChI is InChI=1S/C24H30N4O5S.C23H28N4O5S.I2.HI.Na.H/c1-32-23(29)17-7-9-18(10-8-17)26-24-25-13-11-22(27-24)28-14-12-19-20(28)5-3-6-21(19)33-15-4-16-34(2,30)31;1-33(30,31)15-3-14-32-20-5-2-4-19-18(20)11-13-27(19)21-10-12-24-23(26-21)25-17-8-6-16(7-9-17)22(28)29;1-2;;;/h3,5-6,11-14,17-18H,4,7-10,15-16H2,1-2H3,(H,25,26,27);2,4-5,10-13,16-17H,3,6-9,14-15H2,1H3,(H,28,29)(H,24,25,26);;1H;;/q;;;;+1;-1. The fourth-order valence-corrected chi connectivity index (χ4v) is 9.82. The van der Waals surface area contributed by atoms with Crippen molar-refractivity contribution in [1.29, 1.82) is 0 Å². The second-order valence-corrected chi connectivity index (χ2v) is 21.7. The van der Waals surface area contributed by atoms with Gasteiger partial charge in [0.2, 0.25) is 11.9 Å². The van der Waals surface area contributed by atoms with Crippen molar-refractivity contribution >= 4 is 127 Å². The number of ether oxygens (including phenoxy) is 3. The van der Waals surface area contributed by atoms with Crippen LogP contribution in [0.15, 0.2) is 85.5 Å². The van der Waals surface area contributed by atoms with Gasteiger partial charge in [-0.1, -0.05) is 12.1 Å². The van der Waals surface area contributed by atoms with Gasteiger partial charge in [-0.05, 0) is 113 Å². The molecule has 18 nitrogen and oxygen atoms in total. The third kappa shape index (κ3) is 18.1. The number of carboxylic acids is 1. The summed E-state index contributed by atoms with van der Waals surface area (Å²) < 4.78 is 65.8. The Morgan fingerprint density at radius 2 is 1.08 bits per heavy atom. The topological polar surface area (TPSA) is 236 Å². The van der Waals surface area contributed by atoms with Crippen LogP contribution >= 0.6 is 61.2 Å². The number of hydrogen-bond donors (Lipinski definition) is 3. The third-order valence-electron chi connectivity index (χ3n) is 12.0. The van der Waals surface area contributed by atoms with Gasteiger partial charge in [0.1, 0.15) is 42.8 Å². The number of nitrogens with zero attached hydrogens (tertiary/aromatic N) is 6. The van der Waals surface area contributed by atoms with E-state index in [0.717, 1.165) is 66.1 Å². The first-order chi connectivity index (χ1) is 33.1. The smallest absolute Gasteiger partial charge is 1.00 e. The molecule has 8 rings (SSSR count). The van der Waals surface area contributed by atoms with E-state index >= 15 is 0 Å². The van der Waals surface area contributed by atoms with E-state index in [2.05, 4.69) is 62.8 Å². The van der Waals surface area contributed by atoms with Crippen molar-refractivity contribution in [2.45, 2.75) is 76.3 Å². The van der Waals surface area contributed by atoms with Crippen LogP contribution < -0.4 is 49.7 Å². The molecule has 382 valence electrons. The van der Waals surface area contributed by atoms with Gasteiger partial charge in [0.25, 0.3) is 0 Å². The summed E-state index contributed by atoms with van der Waals surface area (Å²) in [7, 11) is -4.57. The van der Waals surface area contributed by atoms with Gasteiger partial charge < -0.3 is 40.5 Å². The quantitative estimate of drug-likeness (QED) is 0.0378. The maximum Gasteiger partial charge on any atom is 1.00 e. The maximum atomic E-state index is 11.7. The van der Waals surface area contributed by atoms with E-state index in [9.17, 15) is 31.5 Å². The monoisotopic (exact) mass is 1360 g/mol. The number of nitrogens with one attached hydrogen (secondary N) is 2. The van der Waals surface area contributed by atoms with Crippen molar-refractivity contribution < 1.29 is 76.7 Å². The molecular formula is C47H60I3N8NaO10S2. The van der Waals surface area contributed by atoms with Crippen LogP contribution in [-0.4, -0.2) is 119 Å². The zero-order chi connectivity index (χ0) is 49.6. The minimum absolute atomic E-state index is 0. The molecule has 0 amide bonds. The minimum Gasteiger partial charge on any atom is -1.00 e. The predicted molar refractivity (Wildman–Crippen MR) is 300 cm³/mol. The van der Waals surface area contributed by atoms with Crippen LogP contribution in [0.4, 0.5) is 11.9 Å². The molecule has 0 saturated heterocycles. The Hall–Kier alpha value is -3.09. The Morgan fingerprint density at radius 1 is 0.676 bits per heavy atom. The summed E-state index contributed by atoms with van der Waals surface area (Å²) in [4.78, 5) is 41.0. The van der Waals surface area contributed by atoms with Crippen LogP contribution in [0, 0.1) is 11.8 Å². The minimum atomic E-state index is -3.00. The molecule has 2 aliphatic carbocycles. The number of fused-ring (bicyclic) bond motifs is 2. The van der Waals surface area contributed by atoms with E-state index in [0.29, 0.717) is 68.1 Å². The largest absolute Gasteiger partial charge is 1.00 e. The molecule has 3 N–H and O–H groups in total. The summed E-state index contributed by atoms with van der Waals surface area (Å²) in [5, 5.41) is 17.8. The van der Waals surface area contributed by atoms with Gasteiger partial charge in [0.05, 0.1) is 54.7 Å². The van der Waals surface area contributed by atoms with Gasteiger partial charge in [-0.2, -0.15) is 9.97 Å². The number of halogens is 3. The summed E-state index contributed by atoms with van der Waals surface area (Å²) in [6, 6.07) is 19.5. The van der Waals surface area contributed by atoms with Crippen LogP contribution in [0.3, 0.4) is 0 Å². The van der Waals surface area contributed by atoms with Gasteiger partial charge in [0.15, 0.2) is 0 Å². The van der Waals surface area contributed by atoms with E-state index in [4.69, 9.17) is 19.2 Å². The zero-order valence-corrected chi connectivity index (χ0v) is 50.4.